The standard InChI is InChI=1S/C18H10O8/c19-15(20)10-5-7-3-1-2-4-8(7)9-6-11(16(21)22)13(17(23)24)14(12(9)10)18(25)26/h1-6H,(H,19,20)(H,21,22)(H,23,24)(H,25,26). The second-order valence-electron chi connectivity index (χ2n) is 5.46. The van der Waals surface area contributed by atoms with Gasteiger partial charge in [0.15, 0.2) is 0 Å². The first-order valence-corrected chi connectivity index (χ1v) is 7.19. The SMILES string of the molecule is O=C(O)c1cc2c(c(C(=O)O)cc3ccccc32)c(C(=O)O)c1C(=O)O. The molecule has 3 aromatic rings. The van der Waals surface area contributed by atoms with Gasteiger partial charge in [-0.15, -0.1) is 0 Å². The van der Waals surface area contributed by atoms with Gasteiger partial charge in [0.05, 0.1) is 22.3 Å². The lowest BCUT2D eigenvalue weighted by atomic mass is 9.88. The zero-order chi connectivity index (χ0) is 19.2. The van der Waals surface area contributed by atoms with E-state index in [-0.39, 0.29) is 10.8 Å². The molecule has 0 aliphatic rings. The molecule has 130 valence electrons. The van der Waals surface area contributed by atoms with E-state index in [1.165, 1.54) is 6.07 Å². The minimum absolute atomic E-state index is 0.0419. The van der Waals surface area contributed by atoms with Crippen molar-refractivity contribution in [2.24, 2.45) is 0 Å². The Kier molecular flexibility index (Phi) is 3.80. The van der Waals surface area contributed by atoms with Crippen LogP contribution >= 0.6 is 0 Å². The molecule has 0 bridgehead atoms. The number of rotatable bonds is 4. The number of carbonyl (C=O) groups is 4. The van der Waals surface area contributed by atoms with E-state index in [1.807, 2.05) is 0 Å². The Morgan fingerprint density at radius 3 is 1.73 bits per heavy atom. The van der Waals surface area contributed by atoms with E-state index >= 15 is 0 Å². The number of hydrogen-bond acceptors (Lipinski definition) is 4. The summed E-state index contributed by atoms with van der Waals surface area (Å²) in [6.07, 6.45) is 0. The first-order chi connectivity index (χ1) is 12.2. The zero-order valence-corrected chi connectivity index (χ0v) is 12.9. The highest BCUT2D eigenvalue weighted by atomic mass is 16.4. The maximum absolute atomic E-state index is 11.8. The quantitative estimate of drug-likeness (QED) is 0.522. The number of carboxylic acid groups (broad SMARTS) is 4. The van der Waals surface area contributed by atoms with Crippen LogP contribution in [0.5, 0.6) is 0 Å². The Bertz CT molecular complexity index is 1140. The minimum atomic E-state index is -1.77. The van der Waals surface area contributed by atoms with Gasteiger partial charge >= 0.3 is 23.9 Å². The minimum Gasteiger partial charge on any atom is -0.478 e. The number of hydrogen-bond donors (Lipinski definition) is 4. The van der Waals surface area contributed by atoms with Crippen molar-refractivity contribution in [1.82, 2.24) is 0 Å². The molecular weight excluding hydrogens is 344 g/mol. The molecular formula is C18H10O8. The Morgan fingerprint density at radius 1 is 0.615 bits per heavy atom. The fourth-order valence-electron chi connectivity index (χ4n) is 3.04. The monoisotopic (exact) mass is 354 g/mol. The van der Waals surface area contributed by atoms with Crippen LogP contribution < -0.4 is 0 Å². The average Bonchev–Trinajstić information content (AvgIpc) is 2.58. The molecule has 0 heterocycles. The summed E-state index contributed by atoms with van der Waals surface area (Å²) in [6, 6.07) is 8.66. The van der Waals surface area contributed by atoms with E-state index in [2.05, 4.69) is 0 Å². The summed E-state index contributed by atoms with van der Waals surface area (Å²) >= 11 is 0. The maximum atomic E-state index is 11.8. The third-order valence-electron chi connectivity index (χ3n) is 4.04. The predicted octanol–water partition coefficient (Wildman–Crippen LogP) is 2.79. The fraction of sp³-hybridized carbons (Fsp3) is 0. The highest BCUT2D eigenvalue weighted by Gasteiger charge is 2.30. The molecule has 4 N–H and O–H groups in total. The van der Waals surface area contributed by atoms with Gasteiger partial charge in [-0.2, -0.15) is 0 Å². The van der Waals surface area contributed by atoms with Crippen LogP contribution in [-0.2, 0) is 0 Å². The van der Waals surface area contributed by atoms with Crippen molar-refractivity contribution in [3.8, 4) is 0 Å². The average molecular weight is 354 g/mol. The van der Waals surface area contributed by atoms with E-state index < -0.39 is 46.1 Å². The predicted molar refractivity (Wildman–Crippen MR) is 89.3 cm³/mol. The van der Waals surface area contributed by atoms with E-state index in [0.717, 1.165) is 6.07 Å². The van der Waals surface area contributed by atoms with Gasteiger partial charge < -0.3 is 20.4 Å². The van der Waals surface area contributed by atoms with Gasteiger partial charge in [-0.25, -0.2) is 19.2 Å². The molecule has 26 heavy (non-hydrogen) atoms. The number of fused-ring (bicyclic) bond motifs is 3. The molecule has 0 atom stereocenters. The van der Waals surface area contributed by atoms with Crippen molar-refractivity contribution in [3.63, 3.8) is 0 Å². The van der Waals surface area contributed by atoms with Crippen LogP contribution in [0, 0.1) is 0 Å². The molecule has 0 unspecified atom stereocenters. The first kappa shape index (κ1) is 16.9. The Balaban J connectivity index is 2.75. The second kappa shape index (κ2) is 5.85. The number of aromatic carboxylic acids is 4. The molecule has 0 saturated carbocycles. The Hall–Kier alpha value is -3.94. The van der Waals surface area contributed by atoms with Crippen LogP contribution in [0.4, 0.5) is 0 Å². The zero-order valence-electron chi connectivity index (χ0n) is 12.9. The summed E-state index contributed by atoms with van der Waals surface area (Å²) < 4.78 is 0. The molecule has 8 nitrogen and oxygen atoms in total. The van der Waals surface area contributed by atoms with E-state index in [9.17, 15) is 39.6 Å². The third-order valence-corrected chi connectivity index (χ3v) is 4.04. The van der Waals surface area contributed by atoms with E-state index in [1.54, 1.807) is 24.3 Å². The summed E-state index contributed by atoms with van der Waals surface area (Å²) in [5.74, 6) is -6.58. The molecule has 3 aromatic carbocycles. The van der Waals surface area contributed by atoms with Crippen LogP contribution in [0.2, 0.25) is 0 Å². The van der Waals surface area contributed by atoms with Crippen molar-refractivity contribution in [2.75, 3.05) is 0 Å². The molecule has 0 spiro atoms. The van der Waals surface area contributed by atoms with Crippen molar-refractivity contribution < 1.29 is 39.6 Å². The van der Waals surface area contributed by atoms with Crippen molar-refractivity contribution >= 4 is 45.4 Å². The van der Waals surface area contributed by atoms with Gasteiger partial charge in [-0.05, 0) is 28.3 Å². The molecule has 0 aliphatic heterocycles. The van der Waals surface area contributed by atoms with Crippen molar-refractivity contribution in [2.45, 2.75) is 0 Å². The van der Waals surface area contributed by atoms with Crippen LogP contribution in [0.1, 0.15) is 41.4 Å². The van der Waals surface area contributed by atoms with Crippen LogP contribution in [0.25, 0.3) is 21.5 Å². The third kappa shape index (κ3) is 2.40. The summed E-state index contributed by atoms with van der Waals surface area (Å²) in [5.41, 5.74) is -2.98. The lowest BCUT2D eigenvalue weighted by Crippen LogP contribution is -2.17. The summed E-state index contributed by atoms with van der Waals surface area (Å²) in [6.45, 7) is 0. The van der Waals surface area contributed by atoms with Crippen molar-refractivity contribution in [3.05, 3.63) is 58.7 Å². The van der Waals surface area contributed by atoms with Crippen LogP contribution in [0.15, 0.2) is 36.4 Å². The Morgan fingerprint density at radius 2 is 1.19 bits per heavy atom. The second-order valence-corrected chi connectivity index (χ2v) is 5.46. The largest absolute Gasteiger partial charge is 0.478 e. The maximum Gasteiger partial charge on any atom is 0.337 e. The molecule has 0 aromatic heterocycles. The summed E-state index contributed by atoms with van der Waals surface area (Å²) in [4.78, 5) is 46.5. The number of carboxylic acids is 4. The molecule has 0 radical (unpaired) electrons. The highest BCUT2D eigenvalue weighted by Crippen LogP contribution is 2.35. The molecule has 0 amide bonds. The molecule has 0 saturated heterocycles. The van der Waals surface area contributed by atoms with Crippen molar-refractivity contribution in [1.29, 1.82) is 0 Å². The number of benzene rings is 3. The van der Waals surface area contributed by atoms with E-state index in [0.29, 0.717) is 10.8 Å². The summed E-state index contributed by atoms with van der Waals surface area (Å²) in [5, 5.41) is 38.4. The highest BCUT2D eigenvalue weighted by molar-refractivity contribution is 6.25. The molecule has 3 rings (SSSR count). The summed E-state index contributed by atoms with van der Waals surface area (Å²) in [7, 11) is 0. The Labute approximate surface area is 144 Å². The topological polar surface area (TPSA) is 149 Å². The van der Waals surface area contributed by atoms with Crippen LogP contribution in [-0.4, -0.2) is 44.3 Å². The van der Waals surface area contributed by atoms with Gasteiger partial charge in [-0.3, -0.25) is 0 Å². The first-order valence-electron chi connectivity index (χ1n) is 7.19. The lowest BCUT2D eigenvalue weighted by Gasteiger charge is -2.14. The van der Waals surface area contributed by atoms with Gasteiger partial charge in [0.25, 0.3) is 0 Å². The van der Waals surface area contributed by atoms with E-state index in [4.69, 9.17) is 0 Å². The lowest BCUT2D eigenvalue weighted by molar-refractivity contribution is 0.0634. The fourth-order valence-corrected chi connectivity index (χ4v) is 3.04. The van der Waals surface area contributed by atoms with Gasteiger partial charge in [0.1, 0.15) is 0 Å². The van der Waals surface area contributed by atoms with Gasteiger partial charge in [0.2, 0.25) is 0 Å². The van der Waals surface area contributed by atoms with Crippen LogP contribution in [0.3, 0.4) is 0 Å². The molecule has 8 heteroatoms. The molecule has 0 fully saturated rings. The van der Waals surface area contributed by atoms with Gasteiger partial charge in [-0.1, -0.05) is 24.3 Å². The smallest absolute Gasteiger partial charge is 0.337 e. The van der Waals surface area contributed by atoms with Gasteiger partial charge in [0, 0.05) is 5.39 Å². The normalized spacial score (nSPS) is 10.8. The molecule has 0 aliphatic carbocycles.